The summed E-state index contributed by atoms with van der Waals surface area (Å²) in [5.41, 5.74) is 1.98. The van der Waals surface area contributed by atoms with Gasteiger partial charge in [-0.25, -0.2) is 0 Å². The van der Waals surface area contributed by atoms with Gasteiger partial charge in [0.2, 0.25) is 0 Å². The van der Waals surface area contributed by atoms with Crippen molar-refractivity contribution in [2.75, 3.05) is 13.2 Å². The van der Waals surface area contributed by atoms with E-state index in [1.165, 1.54) is 11.1 Å². The van der Waals surface area contributed by atoms with Crippen LogP contribution in [0.2, 0.25) is 0 Å². The second kappa shape index (κ2) is 5.84. The lowest BCUT2D eigenvalue weighted by molar-refractivity contribution is -0.128. The summed E-state index contributed by atoms with van der Waals surface area (Å²) in [5, 5.41) is 10.9. The molecule has 2 aliphatic rings. The number of ether oxygens (including phenoxy) is 2. The van der Waals surface area contributed by atoms with Gasteiger partial charge in [-0.1, -0.05) is 31.2 Å². The number of hydrogen-bond acceptors (Lipinski definition) is 3. The van der Waals surface area contributed by atoms with Crippen molar-refractivity contribution in [2.45, 2.75) is 56.8 Å². The van der Waals surface area contributed by atoms with Gasteiger partial charge in [0, 0.05) is 19.4 Å². The molecule has 1 aromatic carbocycles. The van der Waals surface area contributed by atoms with Crippen LogP contribution >= 0.6 is 0 Å². The highest BCUT2D eigenvalue weighted by Gasteiger charge is 2.38. The summed E-state index contributed by atoms with van der Waals surface area (Å²) in [6.07, 6.45) is 4.28. The molecule has 2 heterocycles. The van der Waals surface area contributed by atoms with Gasteiger partial charge in [0.1, 0.15) is 0 Å². The van der Waals surface area contributed by atoms with Gasteiger partial charge in [-0.05, 0) is 30.4 Å². The van der Waals surface area contributed by atoms with Crippen molar-refractivity contribution in [3.05, 3.63) is 35.4 Å². The summed E-state index contributed by atoms with van der Waals surface area (Å²) in [5.74, 6) is 0. The molecule has 0 saturated carbocycles. The van der Waals surface area contributed by atoms with Crippen LogP contribution in [0.4, 0.5) is 0 Å². The van der Waals surface area contributed by atoms with E-state index in [-0.39, 0.29) is 12.2 Å². The number of aliphatic hydroxyl groups is 1. The molecule has 1 aromatic rings. The van der Waals surface area contributed by atoms with Crippen molar-refractivity contribution in [1.82, 2.24) is 0 Å². The topological polar surface area (TPSA) is 38.7 Å². The van der Waals surface area contributed by atoms with Crippen molar-refractivity contribution >= 4 is 0 Å². The van der Waals surface area contributed by atoms with E-state index in [2.05, 4.69) is 31.2 Å². The van der Waals surface area contributed by atoms with Gasteiger partial charge >= 0.3 is 0 Å². The molecule has 0 aliphatic carbocycles. The Hall–Kier alpha value is -0.900. The van der Waals surface area contributed by atoms with Crippen LogP contribution in [0.25, 0.3) is 0 Å². The first-order valence-electron chi connectivity index (χ1n) is 7.73. The third-order valence-electron chi connectivity index (χ3n) is 4.64. The van der Waals surface area contributed by atoms with E-state index in [4.69, 9.17) is 9.47 Å². The van der Waals surface area contributed by atoms with E-state index < -0.39 is 5.60 Å². The largest absolute Gasteiger partial charge is 0.390 e. The molecule has 3 heteroatoms. The SMILES string of the molecule is CCC1CC(O)(CC2OCCc3ccccc32)CCO1. The standard InChI is InChI=1S/C17H24O3/c1-2-14-11-17(18,8-10-19-14)12-16-15-6-4-3-5-13(15)7-9-20-16/h3-6,14,16,18H,2,7-12H2,1H3. The predicted molar refractivity (Wildman–Crippen MR) is 77.7 cm³/mol. The second-order valence-corrected chi connectivity index (χ2v) is 6.09. The fraction of sp³-hybridized carbons (Fsp3) is 0.647. The first-order valence-corrected chi connectivity index (χ1v) is 7.73. The summed E-state index contributed by atoms with van der Waals surface area (Å²) >= 11 is 0. The molecule has 3 atom stereocenters. The highest BCUT2D eigenvalue weighted by atomic mass is 16.5. The summed E-state index contributed by atoms with van der Waals surface area (Å²) in [7, 11) is 0. The summed E-state index contributed by atoms with van der Waals surface area (Å²) in [4.78, 5) is 0. The summed E-state index contributed by atoms with van der Waals surface area (Å²) in [6.45, 7) is 3.53. The van der Waals surface area contributed by atoms with Crippen LogP contribution in [0.15, 0.2) is 24.3 Å². The number of rotatable bonds is 3. The Morgan fingerprint density at radius 3 is 2.95 bits per heavy atom. The minimum Gasteiger partial charge on any atom is -0.390 e. The van der Waals surface area contributed by atoms with Crippen molar-refractivity contribution < 1.29 is 14.6 Å². The summed E-state index contributed by atoms with van der Waals surface area (Å²) < 4.78 is 11.6. The molecule has 110 valence electrons. The molecule has 1 N–H and O–H groups in total. The highest BCUT2D eigenvalue weighted by Crippen LogP contribution is 2.38. The van der Waals surface area contributed by atoms with Gasteiger partial charge in [0.25, 0.3) is 0 Å². The van der Waals surface area contributed by atoms with Gasteiger partial charge < -0.3 is 14.6 Å². The number of hydrogen-bond donors (Lipinski definition) is 1. The van der Waals surface area contributed by atoms with E-state index in [1.54, 1.807) is 0 Å². The van der Waals surface area contributed by atoms with Gasteiger partial charge in [0.15, 0.2) is 0 Å². The Labute approximate surface area is 120 Å². The van der Waals surface area contributed by atoms with Crippen LogP contribution in [0, 0.1) is 0 Å². The third kappa shape index (κ3) is 2.90. The van der Waals surface area contributed by atoms with Crippen LogP contribution in [0.3, 0.4) is 0 Å². The van der Waals surface area contributed by atoms with Gasteiger partial charge in [0.05, 0.1) is 24.4 Å². The smallest absolute Gasteiger partial charge is 0.0855 e. The van der Waals surface area contributed by atoms with E-state index in [1.807, 2.05) is 0 Å². The first kappa shape index (κ1) is 14.1. The van der Waals surface area contributed by atoms with Crippen molar-refractivity contribution in [1.29, 1.82) is 0 Å². The monoisotopic (exact) mass is 276 g/mol. The Bertz CT molecular complexity index is 459. The van der Waals surface area contributed by atoms with Crippen molar-refractivity contribution in [2.24, 2.45) is 0 Å². The molecule has 0 radical (unpaired) electrons. The Balaban J connectivity index is 1.75. The molecule has 2 aliphatic heterocycles. The van der Waals surface area contributed by atoms with E-state index >= 15 is 0 Å². The van der Waals surface area contributed by atoms with E-state index in [0.717, 1.165) is 25.9 Å². The zero-order valence-corrected chi connectivity index (χ0v) is 12.2. The number of benzene rings is 1. The maximum absolute atomic E-state index is 10.9. The molecule has 0 amide bonds. The molecular formula is C17H24O3. The normalized spacial score (nSPS) is 33.7. The molecule has 3 unspecified atom stereocenters. The van der Waals surface area contributed by atoms with Crippen LogP contribution in [-0.4, -0.2) is 30.0 Å². The average molecular weight is 276 g/mol. The molecule has 0 bridgehead atoms. The number of fused-ring (bicyclic) bond motifs is 1. The zero-order chi connectivity index (χ0) is 14.0. The molecule has 20 heavy (non-hydrogen) atoms. The lowest BCUT2D eigenvalue weighted by Gasteiger charge is -2.40. The van der Waals surface area contributed by atoms with Gasteiger partial charge in [-0.3, -0.25) is 0 Å². The van der Waals surface area contributed by atoms with Gasteiger partial charge in [-0.2, -0.15) is 0 Å². The Kier molecular flexibility index (Phi) is 4.11. The van der Waals surface area contributed by atoms with Crippen molar-refractivity contribution in [3.8, 4) is 0 Å². The van der Waals surface area contributed by atoms with Crippen LogP contribution < -0.4 is 0 Å². The fourth-order valence-corrected chi connectivity index (χ4v) is 3.44. The first-order chi connectivity index (χ1) is 9.70. The third-order valence-corrected chi connectivity index (χ3v) is 4.64. The maximum Gasteiger partial charge on any atom is 0.0855 e. The van der Waals surface area contributed by atoms with E-state index in [9.17, 15) is 5.11 Å². The minimum absolute atomic E-state index is 0.0283. The summed E-state index contributed by atoms with van der Waals surface area (Å²) in [6, 6.07) is 8.45. The molecule has 3 rings (SSSR count). The maximum atomic E-state index is 10.9. The molecular weight excluding hydrogens is 252 g/mol. The quantitative estimate of drug-likeness (QED) is 0.922. The van der Waals surface area contributed by atoms with Crippen LogP contribution in [0.5, 0.6) is 0 Å². The molecule has 0 spiro atoms. The fourth-order valence-electron chi connectivity index (χ4n) is 3.44. The lowest BCUT2D eigenvalue weighted by atomic mass is 9.81. The highest BCUT2D eigenvalue weighted by molar-refractivity contribution is 5.31. The lowest BCUT2D eigenvalue weighted by Crippen LogP contribution is -2.42. The molecule has 1 saturated heterocycles. The van der Waals surface area contributed by atoms with Crippen molar-refractivity contribution in [3.63, 3.8) is 0 Å². The van der Waals surface area contributed by atoms with E-state index in [0.29, 0.717) is 19.4 Å². The van der Waals surface area contributed by atoms with Gasteiger partial charge in [-0.15, -0.1) is 0 Å². The average Bonchev–Trinajstić information content (AvgIpc) is 2.47. The zero-order valence-electron chi connectivity index (χ0n) is 12.2. The molecule has 1 fully saturated rings. The Morgan fingerprint density at radius 1 is 1.25 bits per heavy atom. The molecule has 3 nitrogen and oxygen atoms in total. The predicted octanol–water partition coefficient (Wildman–Crippen LogP) is 3.01. The van der Waals surface area contributed by atoms with Crippen LogP contribution in [-0.2, 0) is 15.9 Å². The second-order valence-electron chi connectivity index (χ2n) is 6.09. The Morgan fingerprint density at radius 2 is 2.10 bits per heavy atom. The molecule has 0 aromatic heterocycles. The minimum atomic E-state index is -0.645. The van der Waals surface area contributed by atoms with Crippen LogP contribution in [0.1, 0.15) is 49.8 Å².